The number of aryl methyl sites for hydroxylation is 2. The number of carbonyl (C=O) groups is 1. The SMILES string of the molecule is CCCCCOc1cc(N2CCCN(Cc3ccnc4c3c(Cl)cn4CCn3ccnc3)C2=O)ccc1OC. The van der Waals surface area contributed by atoms with Crippen molar-refractivity contribution in [2.45, 2.75) is 52.2 Å². The number of rotatable bonds is 12. The first-order valence-electron chi connectivity index (χ1n) is 13.5. The molecule has 1 saturated heterocycles. The van der Waals surface area contributed by atoms with E-state index < -0.39 is 0 Å². The second-order valence-electron chi connectivity index (χ2n) is 9.74. The van der Waals surface area contributed by atoms with Crippen molar-refractivity contribution >= 4 is 34.4 Å². The van der Waals surface area contributed by atoms with Gasteiger partial charge in [-0.3, -0.25) is 4.90 Å². The van der Waals surface area contributed by atoms with E-state index in [-0.39, 0.29) is 6.03 Å². The summed E-state index contributed by atoms with van der Waals surface area (Å²) in [6.07, 6.45) is 13.3. The third-order valence-corrected chi connectivity index (χ3v) is 7.38. The lowest BCUT2D eigenvalue weighted by atomic mass is 10.1. The van der Waals surface area contributed by atoms with Gasteiger partial charge in [0.1, 0.15) is 5.65 Å². The molecular formula is C29H35ClN6O3. The number of ether oxygens (including phenoxy) is 2. The topological polar surface area (TPSA) is 77.7 Å². The predicted octanol–water partition coefficient (Wildman–Crippen LogP) is 6.00. The van der Waals surface area contributed by atoms with Gasteiger partial charge in [0, 0.05) is 74.7 Å². The zero-order chi connectivity index (χ0) is 27.2. The van der Waals surface area contributed by atoms with E-state index in [1.54, 1.807) is 25.8 Å². The summed E-state index contributed by atoms with van der Waals surface area (Å²) in [6, 6.07) is 7.62. The van der Waals surface area contributed by atoms with E-state index in [2.05, 4.69) is 21.5 Å². The maximum atomic E-state index is 13.7. The molecule has 1 aliphatic rings. The van der Waals surface area contributed by atoms with Gasteiger partial charge < -0.3 is 23.5 Å². The smallest absolute Gasteiger partial charge is 0.324 e. The van der Waals surface area contributed by atoms with E-state index in [1.807, 2.05) is 51.0 Å². The molecule has 1 aliphatic heterocycles. The monoisotopic (exact) mass is 550 g/mol. The van der Waals surface area contributed by atoms with E-state index in [0.717, 1.165) is 54.5 Å². The van der Waals surface area contributed by atoms with Gasteiger partial charge in [-0.2, -0.15) is 0 Å². The molecule has 0 N–H and O–H groups in total. The summed E-state index contributed by atoms with van der Waals surface area (Å²) in [6.45, 7) is 6.04. The first kappa shape index (κ1) is 26.9. The number of carbonyl (C=O) groups excluding carboxylic acids is 1. The number of nitrogens with zero attached hydrogens (tertiary/aromatic N) is 6. The largest absolute Gasteiger partial charge is 0.493 e. The summed E-state index contributed by atoms with van der Waals surface area (Å²) in [4.78, 5) is 26.1. The molecule has 0 aliphatic carbocycles. The number of hydrogen-bond donors (Lipinski definition) is 0. The first-order valence-corrected chi connectivity index (χ1v) is 13.9. The number of amides is 2. The van der Waals surface area contributed by atoms with Gasteiger partial charge in [-0.1, -0.05) is 31.4 Å². The molecule has 1 fully saturated rings. The number of benzene rings is 1. The molecule has 0 unspecified atom stereocenters. The zero-order valence-corrected chi connectivity index (χ0v) is 23.3. The van der Waals surface area contributed by atoms with Gasteiger partial charge in [0.05, 0.1) is 25.1 Å². The van der Waals surface area contributed by atoms with E-state index in [1.165, 1.54) is 0 Å². The Balaban J connectivity index is 1.33. The molecule has 0 bridgehead atoms. The summed E-state index contributed by atoms with van der Waals surface area (Å²) in [5.41, 5.74) is 2.61. The van der Waals surface area contributed by atoms with Crippen molar-refractivity contribution < 1.29 is 14.3 Å². The number of aromatic nitrogens is 4. The number of unbranched alkanes of at least 4 members (excludes halogenated alkanes) is 2. The molecule has 0 saturated carbocycles. The van der Waals surface area contributed by atoms with Crippen LogP contribution in [-0.2, 0) is 19.6 Å². The van der Waals surface area contributed by atoms with Crippen LogP contribution in [0.1, 0.15) is 38.2 Å². The summed E-state index contributed by atoms with van der Waals surface area (Å²) >= 11 is 6.71. The second kappa shape index (κ2) is 12.4. The Bertz CT molecular complexity index is 1400. The highest BCUT2D eigenvalue weighted by Crippen LogP contribution is 2.34. The number of imidazole rings is 1. The van der Waals surface area contributed by atoms with Crippen LogP contribution < -0.4 is 14.4 Å². The molecule has 1 aromatic carbocycles. The number of methoxy groups -OCH3 is 1. The summed E-state index contributed by atoms with van der Waals surface area (Å²) in [5.74, 6) is 1.33. The summed E-state index contributed by atoms with van der Waals surface area (Å²) in [7, 11) is 1.63. The van der Waals surface area contributed by atoms with Gasteiger partial charge in [0.15, 0.2) is 11.5 Å². The molecule has 5 rings (SSSR count). The number of pyridine rings is 1. The van der Waals surface area contributed by atoms with E-state index in [4.69, 9.17) is 21.1 Å². The standard InChI is InChI=1S/C29H35ClN6O3/c1-3-4-5-17-39-26-18-23(7-8-25(26)38-2)36-13-6-12-35(29(36)37)19-22-9-10-32-28-27(22)24(30)20-34(28)16-15-33-14-11-31-21-33/h7-11,14,18,20-21H,3-6,12-13,15-17,19H2,1-2H3. The minimum atomic E-state index is -0.0380. The Morgan fingerprint density at radius 2 is 1.97 bits per heavy atom. The van der Waals surface area contributed by atoms with Crippen LogP contribution in [0.3, 0.4) is 0 Å². The molecule has 2 amide bonds. The van der Waals surface area contributed by atoms with Crippen LogP contribution in [0, 0.1) is 0 Å². The van der Waals surface area contributed by atoms with Crippen molar-refractivity contribution in [3.05, 3.63) is 66.0 Å². The van der Waals surface area contributed by atoms with Crippen LogP contribution in [0.5, 0.6) is 11.5 Å². The minimum Gasteiger partial charge on any atom is -0.493 e. The summed E-state index contributed by atoms with van der Waals surface area (Å²) < 4.78 is 15.6. The highest BCUT2D eigenvalue weighted by Gasteiger charge is 2.28. The Kier molecular flexibility index (Phi) is 8.56. The van der Waals surface area contributed by atoms with Crippen molar-refractivity contribution in [3.63, 3.8) is 0 Å². The van der Waals surface area contributed by atoms with Crippen molar-refractivity contribution in [1.29, 1.82) is 0 Å². The van der Waals surface area contributed by atoms with Crippen LogP contribution in [-0.4, -0.2) is 56.8 Å². The van der Waals surface area contributed by atoms with Gasteiger partial charge in [-0.25, -0.2) is 14.8 Å². The quantitative estimate of drug-likeness (QED) is 0.202. The predicted molar refractivity (Wildman–Crippen MR) is 153 cm³/mol. The maximum absolute atomic E-state index is 13.7. The Hall–Kier alpha value is -3.72. The van der Waals surface area contributed by atoms with Gasteiger partial charge in [0.25, 0.3) is 0 Å². The number of fused-ring (bicyclic) bond motifs is 1. The third-order valence-electron chi connectivity index (χ3n) is 7.09. The lowest BCUT2D eigenvalue weighted by Crippen LogP contribution is -2.49. The number of urea groups is 1. The number of hydrogen-bond acceptors (Lipinski definition) is 5. The van der Waals surface area contributed by atoms with Crippen LogP contribution in [0.4, 0.5) is 10.5 Å². The van der Waals surface area contributed by atoms with E-state index in [9.17, 15) is 4.79 Å². The van der Waals surface area contributed by atoms with Gasteiger partial charge in [0.2, 0.25) is 0 Å². The zero-order valence-electron chi connectivity index (χ0n) is 22.6. The minimum absolute atomic E-state index is 0.0380. The van der Waals surface area contributed by atoms with Crippen molar-refractivity contribution in [2.24, 2.45) is 0 Å². The molecule has 0 atom stereocenters. The molecule has 206 valence electrons. The maximum Gasteiger partial charge on any atom is 0.324 e. The highest BCUT2D eigenvalue weighted by molar-refractivity contribution is 6.35. The average molecular weight is 551 g/mol. The summed E-state index contributed by atoms with van der Waals surface area (Å²) in [5, 5.41) is 1.53. The van der Waals surface area contributed by atoms with Crippen LogP contribution in [0.25, 0.3) is 11.0 Å². The van der Waals surface area contributed by atoms with E-state index in [0.29, 0.717) is 49.3 Å². The first-order chi connectivity index (χ1) is 19.1. The molecule has 0 radical (unpaired) electrons. The number of anilines is 1. The Morgan fingerprint density at radius 3 is 2.77 bits per heavy atom. The second-order valence-corrected chi connectivity index (χ2v) is 10.1. The van der Waals surface area contributed by atoms with Gasteiger partial charge >= 0.3 is 6.03 Å². The molecule has 9 nitrogen and oxygen atoms in total. The van der Waals surface area contributed by atoms with Crippen molar-refractivity contribution in [1.82, 2.24) is 24.0 Å². The fourth-order valence-corrected chi connectivity index (χ4v) is 5.35. The lowest BCUT2D eigenvalue weighted by molar-refractivity contribution is 0.192. The molecule has 4 heterocycles. The normalized spacial score (nSPS) is 13.9. The molecule has 39 heavy (non-hydrogen) atoms. The Morgan fingerprint density at radius 1 is 1.08 bits per heavy atom. The lowest BCUT2D eigenvalue weighted by Gasteiger charge is -2.36. The van der Waals surface area contributed by atoms with Gasteiger partial charge in [-0.15, -0.1) is 0 Å². The fourth-order valence-electron chi connectivity index (χ4n) is 5.03. The van der Waals surface area contributed by atoms with Gasteiger partial charge in [-0.05, 0) is 36.6 Å². The molecule has 0 spiro atoms. The molecule has 3 aromatic heterocycles. The van der Waals surface area contributed by atoms with Crippen molar-refractivity contribution in [2.75, 3.05) is 31.7 Å². The van der Waals surface area contributed by atoms with Crippen LogP contribution >= 0.6 is 11.6 Å². The number of halogens is 1. The van der Waals surface area contributed by atoms with E-state index >= 15 is 0 Å². The molecule has 4 aromatic rings. The van der Waals surface area contributed by atoms with Crippen molar-refractivity contribution in [3.8, 4) is 11.5 Å². The van der Waals surface area contributed by atoms with Crippen LogP contribution in [0.2, 0.25) is 5.02 Å². The fraction of sp³-hybridized carbons (Fsp3) is 0.414. The highest BCUT2D eigenvalue weighted by atomic mass is 35.5. The van der Waals surface area contributed by atoms with Crippen LogP contribution in [0.15, 0.2) is 55.4 Å². The Labute approximate surface area is 233 Å². The third kappa shape index (κ3) is 5.98. The molecule has 10 heteroatoms. The molecular weight excluding hydrogens is 516 g/mol. The average Bonchev–Trinajstić information content (AvgIpc) is 3.59.